The zero-order valence-corrected chi connectivity index (χ0v) is 9.73. The van der Waals surface area contributed by atoms with Gasteiger partial charge >= 0.3 is 0 Å². The highest BCUT2D eigenvalue weighted by Gasteiger charge is 2.18. The standard InChI is InChI=1S/C11H15NO.BrH/c12-10-5-8-3-1-2-4-9(8)6-11(13)7-10;/h1-4,10-11,13H,5-7,12H2;1H/t10?,11-;/m0./s1. The molecular weight excluding hydrogens is 242 g/mol. The summed E-state index contributed by atoms with van der Waals surface area (Å²) < 4.78 is 0. The molecule has 2 atom stereocenters. The van der Waals surface area contributed by atoms with Crippen molar-refractivity contribution in [1.82, 2.24) is 0 Å². The lowest BCUT2D eigenvalue weighted by Gasteiger charge is -2.09. The molecule has 0 bridgehead atoms. The van der Waals surface area contributed by atoms with E-state index in [1.807, 2.05) is 12.1 Å². The van der Waals surface area contributed by atoms with Crippen LogP contribution in [0.25, 0.3) is 0 Å². The van der Waals surface area contributed by atoms with Crippen LogP contribution < -0.4 is 5.73 Å². The van der Waals surface area contributed by atoms with Crippen LogP contribution in [0.15, 0.2) is 24.3 Å². The normalized spacial score (nSPS) is 25.9. The van der Waals surface area contributed by atoms with Crippen LogP contribution in [0.3, 0.4) is 0 Å². The first kappa shape index (κ1) is 11.7. The minimum Gasteiger partial charge on any atom is -0.393 e. The van der Waals surface area contributed by atoms with Crippen molar-refractivity contribution in [2.24, 2.45) is 5.73 Å². The molecule has 0 saturated carbocycles. The Bertz CT molecular complexity index is 274. The summed E-state index contributed by atoms with van der Waals surface area (Å²) in [5, 5.41) is 9.63. The zero-order chi connectivity index (χ0) is 9.26. The third-order valence-corrected chi connectivity index (χ3v) is 2.63. The van der Waals surface area contributed by atoms with E-state index in [4.69, 9.17) is 5.73 Å². The maximum Gasteiger partial charge on any atom is 0.0595 e. The lowest BCUT2D eigenvalue weighted by molar-refractivity contribution is 0.159. The number of fused-ring (bicyclic) bond motifs is 1. The number of benzene rings is 1. The monoisotopic (exact) mass is 257 g/mol. The van der Waals surface area contributed by atoms with Crippen LogP contribution in [-0.2, 0) is 12.8 Å². The second-order valence-corrected chi connectivity index (χ2v) is 3.83. The fourth-order valence-corrected chi connectivity index (χ4v) is 2.01. The number of aliphatic hydroxyl groups excluding tert-OH is 1. The maximum atomic E-state index is 9.63. The molecule has 0 heterocycles. The molecule has 2 nitrogen and oxygen atoms in total. The number of hydrogen-bond donors (Lipinski definition) is 2. The van der Waals surface area contributed by atoms with Gasteiger partial charge in [-0.3, -0.25) is 0 Å². The molecule has 2 rings (SSSR count). The van der Waals surface area contributed by atoms with Crippen molar-refractivity contribution >= 4 is 17.0 Å². The molecule has 0 radical (unpaired) electrons. The summed E-state index contributed by atoms with van der Waals surface area (Å²) >= 11 is 0. The Balaban J connectivity index is 0.000000980. The summed E-state index contributed by atoms with van der Waals surface area (Å²) in [4.78, 5) is 0. The van der Waals surface area contributed by atoms with E-state index in [0.29, 0.717) is 6.42 Å². The third kappa shape index (κ3) is 2.56. The summed E-state index contributed by atoms with van der Waals surface area (Å²) in [5.41, 5.74) is 8.43. The molecule has 78 valence electrons. The molecule has 3 heteroatoms. The Morgan fingerprint density at radius 2 is 1.71 bits per heavy atom. The molecule has 0 spiro atoms. The second kappa shape index (κ2) is 4.91. The number of aliphatic hydroxyl groups is 1. The smallest absolute Gasteiger partial charge is 0.0595 e. The highest BCUT2D eigenvalue weighted by molar-refractivity contribution is 8.93. The number of hydrogen-bond acceptors (Lipinski definition) is 2. The Hall–Kier alpha value is -0.380. The van der Waals surface area contributed by atoms with Crippen LogP contribution in [0, 0.1) is 0 Å². The Morgan fingerprint density at radius 1 is 1.14 bits per heavy atom. The molecule has 3 N–H and O–H groups in total. The minimum absolute atomic E-state index is 0. The highest BCUT2D eigenvalue weighted by atomic mass is 79.9. The van der Waals surface area contributed by atoms with Gasteiger partial charge in [-0.1, -0.05) is 24.3 Å². The Kier molecular flexibility index (Phi) is 4.11. The van der Waals surface area contributed by atoms with Crippen LogP contribution in [0.5, 0.6) is 0 Å². The molecule has 1 aliphatic rings. The summed E-state index contributed by atoms with van der Waals surface area (Å²) in [5.74, 6) is 0. The van der Waals surface area contributed by atoms with Gasteiger partial charge in [0, 0.05) is 6.04 Å². The van der Waals surface area contributed by atoms with Gasteiger partial charge in [0.1, 0.15) is 0 Å². The number of nitrogens with two attached hydrogens (primary N) is 1. The molecular formula is C11H16BrNO. The predicted octanol–water partition coefficient (Wildman–Crippen LogP) is 1.44. The largest absolute Gasteiger partial charge is 0.393 e. The fraction of sp³-hybridized carbons (Fsp3) is 0.455. The zero-order valence-electron chi connectivity index (χ0n) is 8.02. The number of halogens is 1. The van der Waals surface area contributed by atoms with Crippen LogP contribution >= 0.6 is 17.0 Å². The van der Waals surface area contributed by atoms with Gasteiger partial charge in [0.15, 0.2) is 0 Å². The molecule has 14 heavy (non-hydrogen) atoms. The van der Waals surface area contributed by atoms with E-state index >= 15 is 0 Å². The fourth-order valence-electron chi connectivity index (χ4n) is 2.01. The molecule has 1 aromatic carbocycles. The van der Waals surface area contributed by atoms with Crippen LogP contribution in [-0.4, -0.2) is 17.3 Å². The van der Waals surface area contributed by atoms with Gasteiger partial charge in [0.2, 0.25) is 0 Å². The van der Waals surface area contributed by atoms with Crippen molar-refractivity contribution in [2.45, 2.75) is 31.4 Å². The summed E-state index contributed by atoms with van der Waals surface area (Å²) in [6.45, 7) is 0. The first-order valence-electron chi connectivity index (χ1n) is 4.76. The molecule has 0 aromatic heterocycles. The van der Waals surface area contributed by atoms with Gasteiger partial charge in [0.25, 0.3) is 0 Å². The average molecular weight is 258 g/mol. The SMILES string of the molecule is Br.NC1Cc2ccccc2C[C@H](O)C1. The van der Waals surface area contributed by atoms with Crippen LogP contribution in [0.1, 0.15) is 17.5 Å². The van der Waals surface area contributed by atoms with Gasteiger partial charge in [-0.25, -0.2) is 0 Å². The predicted molar refractivity (Wildman–Crippen MR) is 62.8 cm³/mol. The van der Waals surface area contributed by atoms with Crippen molar-refractivity contribution < 1.29 is 5.11 Å². The molecule has 0 fully saturated rings. The van der Waals surface area contributed by atoms with E-state index in [-0.39, 0.29) is 29.1 Å². The first-order valence-corrected chi connectivity index (χ1v) is 4.76. The molecule has 0 saturated heterocycles. The highest BCUT2D eigenvalue weighted by Crippen LogP contribution is 2.19. The average Bonchev–Trinajstić information content (AvgIpc) is 2.20. The lowest BCUT2D eigenvalue weighted by Crippen LogP contribution is -2.26. The lowest BCUT2D eigenvalue weighted by atomic mass is 10.0. The summed E-state index contributed by atoms with van der Waals surface area (Å²) in [6.07, 6.45) is 2.10. The van der Waals surface area contributed by atoms with Crippen molar-refractivity contribution in [3.63, 3.8) is 0 Å². The van der Waals surface area contributed by atoms with Crippen LogP contribution in [0.2, 0.25) is 0 Å². The van der Waals surface area contributed by atoms with Crippen LogP contribution in [0.4, 0.5) is 0 Å². The molecule has 1 aromatic rings. The summed E-state index contributed by atoms with van der Waals surface area (Å²) in [7, 11) is 0. The molecule has 0 amide bonds. The van der Waals surface area contributed by atoms with E-state index < -0.39 is 0 Å². The Morgan fingerprint density at radius 3 is 2.36 bits per heavy atom. The van der Waals surface area contributed by atoms with Crippen molar-refractivity contribution in [3.8, 4) is 0 Å². The van der Waals surface area contributed by atoms with Gasteiger partial charge in [-0.05, 0) is 30.4 Å². The quantitative estimate of drug-likeness (QED) is 0.692. The van der Waals surface area contributed by atoms with Gasteiger partial charge in [0.05, 0.1) is 6.10 Å². The number of rotatable bonds is 0. The molecule has 0 aliphatic heterocycles. The summed E-state index contributed by atoms with van der Waals surface area (Å²) in [6, 6.07) is 8.34. The minimum atomic E-state index is -0.265. The van der Waals surface area contributed by atoms with Crippen molar-refractivity contribution in [3.05, 3.63) is 35.4 Å². The molecule has 1 unspecified atom stereocenters. The first-order chi connectivity index (χ1) is 6.25. The van der Waals surface area contributed by atoms with E-state index in [9.17, 15) is 5.11 Å². The maximum absolute atomic E-state index is 9.63. The van der Waals surface area contributed by atoms with Gasteiger partial charge < -0.3 is 10.8 Å². The van der Waals surface area contributed by atoms with E-state index in [0.717, 1.165) is 12.8 Å². The Labute approximate surface area is 94.9 Å². The van der Waals surface area contributed by atoms with E-state index in [1.54, 1.807) is 0 Å². The molecule has 1 aliphatic carbocycles. The second-order valence-electron chi connectivity index (χ2n) is 3.83. The van der Waals surface area contributed by atoms with Gasteiger partial charge in [-0.15, -0.1) is 17.0 Å². The van der Waals surface area contributed by atoms with Crippen molar-refractivity contribution in [1.29, 1.82) is 0 Å². The third-order valence-electron chi connectivity index (χ3n) is 2.63. The van der Waals surface area contributed by atoms with E-state index in [1.165, 1.54) is 11.1 Å². The van der Waals surface area contributed by atoms with E-state index in [2.05, 4.69) is 12.1 Å². The van der Waals surface area contributed by atoms with Gasteiger partial charge in [-0.2, -0.15) is 0 Å². The topological polar surface area (TPSA) is 46.2 Å². The van der Waals surface area contributed by atoms with Crippen molar-refractivity contribution in [2.75, 3.05) is 0 Å².